The monoisotopic (exact) mass is 308 g/mol. The number of aromatic nitrogens is 5. The Hall–Kier alpha value is -2.32. The standard InChI is InChI=1S/C12H10ClFN6O/c13-9-3-7(1-2-10(9)14)12-16-11(21-18-12)6-20-5-8(4-15)17-19-20/h1-3,5H,4,6,15H2. The van der Waals surface area contributed by atoms with Crippen LogP contribution in [0.2, 0.25) is 5.02 Å². The Morgan fingerprint density at radius 3 is 2.95 bits per heavy atom. The molecule has 0 bridgehead atoms. The molecule has 0 aliphatic rings. The van der Waals surface area contributed by atoms with Crippen LogP contribution >= 0.6 is 11.6 Å². The Morgan fingerprint density at radius 1 is 1.38 bits per heavy atom. The molecule has 0 radical (unpaired) electrons. The third kappa shape index (κ3) is 2.91. The van der Waals surface area contributed by atoms with Gasteiger partial charge in [0.25, 0.3) is 0 Å². The highest BCUT2D eigenvalue weighted by atomic mass is 35.5. The molecule has 0 aliphatic heterocycles. The quantitative estimate of drug-likeness (QED) is 0.787. The first-order valence-electron chi connectivity index (χ1n) is 6.03. The fraction of sp³-hybridized carbons (Fsp3) is 0.167. The maximum absolute atomic E-state index is 13.1. The number of hydrogen-bond donors (Lipinski definition) is 1. The van der Waals surface area contributed by atoms with Gasteiger partial charge in [-0.15, -0.1) is 5.10 Å². The molecule has 0 spiro atoms. The number of rotatable bonds is 4. The molecule has 108 valence electrons. The normalized spacial score (nSPS) is 11.0. The van der Waals surface area contributed by atoms with Crippen LogP contribution in [0.5, 0.6) is 0 Å². The summed E-state index contributed by atoms with van der Waals surface area (Å²) in [6.45, 7) is 0.581. The SMILES string of the molecule is NCc1cn(Cc2nc(-c3ccc(F)c(Cl)c3)no2)nn1. The molecular weight excluding hydrogens is 299 g/mol. The van der Waals surface area contributed by atoms with Crippen LogP contribution in [0.25, 0.3) is 11.4 Å². The summed E-state index contributed by atoms with van der Waals surface area (Å²) in [6.07, 6.45) is 1.69. The van der Waals surface area contributed by atoms with Crippen molar-refractivity contribution in [1.82, 2.24) is 25.1 Å². The van der Waals surface area contributed by atoms with Gasteiger partial charge in [-0.3, -0.25) is 0 Å². The van der Waals surface area contributed by atoms with Crippen LogP contribution in [0.3, 0.4) is 0 Å². The molecule has 7 nitrogen and oxygen atoms in total. The van der Waals surface area contributed by atoms with Gasteiger partial charge in [0, 0.05) is 12.1 Å². The molecule has 0 saturated heterocycles. The van der Waals surface area contributed by atoms with E-state index in [0.29, 0.717) is 29.5 Å². The van der Waals surface area contributed by atoms with E-state index in [9.17, 15) is 4.39 Å². The number of benzene rings is 1. The van der Waals surface area contributed by atoms with E-state index in [1.54, 1.807) is 6.20 Å². The highest BCUT2D eigenvalue weighted by Crippen LogP contribution is 2.22. The van der Waals surface area contributed by atoms with E-state index < -0.39 is 5.82 Å². The van der Waals surface area contributed by atoms with Crippen molar-refractivity contribution < 1.29 is 8.91 Å². The molecular formula is C12H10ClFN6O. The minimum Gasteiger partial charge on any atom is -0.337 e. The summed E-state index contributed by atoms with van der Waals surface area (Å²) >= 11 is 5.72. The zero-order valence-electron chi connectivity index (χ0n) is 10.7. The first-order valence-corrected chi connectivity index (χ1v) is 6.40. The maximum Gasteiger partial charge on any atom is 0.248 e. The molecule has 1 aromatic carbocycles. The fourth-order valence-electron chi connectivity index (χ4n) is 1.72. The van der Waals surface area contributed by atoms with Crippen LogP contribution in [-0.4, -0.2) is 25.1 Å². The summed E-state index contributed by atoms with van der Waals surface area (Å²) < 4.78 is 19.8. The lowest BCUT2D eigenvalue weighted by Crippen LogP contribution is -2.00. The Bertz CT molecular complexity index is 771. The summed E-state index contributed by atoms with van der Waals surface area (Å²) in [5.41, 5.74) is 6.69. The molecule has 0 aliphatic carbocycles. The van der Waals surface area contributed by atoms with Gasteiger partial charge in [-0.25, -0.2) is 9.07 Å². The van der Waals surface area contributed by atoms with E-state index in [4.69, 9.17) is 21.9 Å². The lowest BCUT2D eigenvalue weighted by atomic mass is 10.2. The van der Waals surface area contributed by atoms with Crippen LogP contribution in [0, 0.1) is 5.82 Å². The number of hydrogen-bond acceptors (Lipinski definition) is 6. The van der Waals surface area contributed by atoms with Crippen molar-refractivity contribution in [3.63, 3.8) is 0 Å². The van der Waals surface area contributed by atoms with Gasteiger partial charge in [-0.05, 0) is 18.2 Å². The average Bonchev–Trinajstić information content (AvgIpc) is 3.11. The molecule has 3 rings (SSSR count). The van der Waals surface area contributed by atoms with Gasteiger partial charge in [-0.1, -0.05) is 22.0 Å². The average molecular weight is 309 g/mol. The summed E-state index contributed by atoms with van der Waals surface area (Å²) in [7, 11) is 0. The highest BCUT2D eigenvalue weighted by molar-refractivity contribution is 6.31. The van der Waals surface area contributed by atoms with Gasteiger partial charge in [0.2, 0.25) is 11.7 Å². The predicted octanol–water partition coefficient (Wildman–Crippen LogP) is 1.63. The first kappa shape index (κ1) is 13.7. The topological polar surface area (TPSA) is 95.7 Å². The predicted molar refractivity (Wildman–Crippen MR) is 71.7 cm³/mol. The second kappa shape index (κ2) is 5.58. The van der Waals surface area contributed by atoms with Gasteiger partial charge in [0.15, 0.2) is 0 Å². The van der Waals surface area contributed by atoms with Gasteiger partial charge in [0.05, 0.1) is 16.9 Å². The zero-order chi connectivity index (χ0) is 14.8. The second-order valence-corrected chi connectivity index (χ2v) is 4.66. The largest absolute Gasteiger partial charge is 0.337 e. The minimum absolute atomic E-state index is 0.00251. The second-order valence-electron chi connectivity index (χ2n) is 4.25. The van der Waals surface area contributed by atoms with Crippen molar-refractivity contribution in [2.45, 2.75) is 13.1 Å². The van der Waals surface area contributed by atoms with Gasteiger partial charge < -0.3 is 10.3 Å². The van der Waals surface area contributed by atoms with Crippen molar-refractivity contribution in [1.29, 1.82) is 0 Å². The van der Waals surface area contributed by atoms with Gasteiger partial charge in [0.1, 0.15) is 12.4 Å². The molecule has 21 heavy (non-hydrogen) atoms. The summed E-state index contributed by atoms with van der Waals surface area (Å²) in [6, 6.07) is 4.21. The van der Waals surface area contributed by atoms with E-state index in [0.717, 1.165) is 0 Å². The number of halogens is 2. The molecule has 9 heteroatoms. The maximum atomic E-state index is 13.1. The number of nitrogens with zero attached hydrogens (tertiary/aromatic N) is 5. The van der Waals surface area contributed by atoms with Crippen molar-refractivity contribution in [2.24, 2.45) is 5.73 Å². The lowest BCUT2D eigenvalue weighted by Gasteiger charge is -1.96. The van der Waals surface area contributed by atoms with Crippen LogP contribution in [0.15, 0.2) is 28.9 Å². The molecule has 0 fully saturated rings. The van der Waals surface area contributed by atoms with E-state index in [1.807, 2.05) is 0 Å². The molecule has 0 saturated carbocycles. The molecule has 0 unspecified atom stereocenters. The van der Waals surface area contributed by atoms with Crippen LogP contribution in [-0.2, 0) is 13.1 Å². The Balaban J connectivity index is 1.80. The van der Waals surface area contributed by atoms with Crippen molar-refractivity contribution in [3.05, 3.63) is 46.8 Å². The molecule has 3 aromatic rings. The Kier molecular flexibility index (Phi) is 3.63. The molecule has 2 aromatic heterocycles. The molecule has 2 heterocycles. The van der Waals surface area contributed by atoms with Gasteiger partial charge in [-0.2, -0.15) is 4.98 Å². The minimum atomic E-state index is -0.499. The summed E-state index contributed by atoms with van der Waals surface area (Å²) in [5, 5.41) is 11.6. The molecule has 0 amide bonds. The first-order chi connectivity index (χ1) is 10.2. The van der Waals surface area contributed by atoms with E-state index >= 15 is 0 Å². The summed E-state index contributed by atoms with van der Waals surface area (Å²) in [5.74, 6) is 0.172. The third-order valence-electron chi connectivity index (χ3n) is 2.74. The van der Waals surface area contributed by atoms with Crippen LogP contribution in [0.1, 0.15) is 11.6 Å². The fourth-order valence-corrected chi connectivity index (χ4v) is 1.90. The highest BCUT2D eigenvalue weighted by Gasteiger charge is 2.11. The smallest absolute Gasteiger partial charge is 0.248 e. The zero-order valence-corrected chi connectivity index (χ0v) is 11.5. The van der Waals surface area contributed by atoms with Crippen LogP contribution < -0.4 is 5.73 Å². The van der Waals surface area contributed by atoms with Crippen LogP contribution in [0.4, 0.5) is 4.39 Å². The third-order valence-corrected chi connectivity index (χ3v) is 3.03. The lowest BCUT2D eigenvalue weighted by molar-refractivity contribution is 0.364. The summed E-state index contributed by atoms with van der Waals surface area (Å²) in [4.78, 5) is 4.20. The van der Waals surface area contributed by atoms with E-state index in [-0.39, 0.29) is 11.6 Å². The van der Waals surface area contributed by atoms with Crippen molar-refractivity contribution in [2.75, 3.05) is 0 Å². The Labute approximate surface area is 123 Å². The van der Waals surface area contributed by atoms with Crippen molar-refractivity contribution in [3.8, 4) is 11.4 Å². The van der Waals surface area contributed by atoms with E-state index in [2.05, 4.69) is 20.5 Å². The number of nitrogens with two attached hydrogens (primary N) is 1. The Morgan fingerprint density at radius 2 is 2.24 bits per heavy atom. The van der Waals surface area contributed by atoms with Crippen molar-refractivity contribution >= 4 is 11.6 Å². The molecule has 0 atom stereocenters. The molecule has 2 N–H and O–H groups in total. The van der Waals surface area contributed by atoms with Gasteiger partial charge >= 0.3 is 0 Å². The van der Waals surface area contributed by atoms with E-state index in [1.165, 1.54) is 22.9 Å².